The molecule has 98 valence electrons. The minimum absolute atomic E-state index is 0.142. The van der Waals surface area contributed by atoms with Gasteiger partial charge in [-0.05, 0) is 50.1 Å². The summed E-state index contributed by atoms with van der Waals surface area (Å²) >= 11 is 0. The average Bonchev–Trinajstić information content (AvgIpc) is 3.00. The molecule has 0 aromatic carbocycles. The molecule has 17 heavy (non-hydrogen) atoms. The number of carbonyl (C=O) groups is 1. The molecular weight excluding hydrogens is 214 g/mol. The van der Waals surface area contributed by atoms with Gasteiger partial charge in [0.25, 0.3) is 0 Å². The minimum Gasteiger partial charge on any atom is -0.481 e. The topological polar surface area (TPSA) is 40.5 Å². The van der Waals surface area contributed by atoms with Gasteiger partial charge in [0.1, 0.15) is 0 Å². The molecule has 0 unspecified atom stereocenters. The third-order valence-corrected chi connectivity index (χ3v) is 4.45. The maximum Gasteiger partial charge on any atom is 0.303 e. The Labute approximate surface area is 104 Å². The fraction of sp³-hybridized carbons (Fsp3) is 0.929. The number of piperidine rings is 1. The van der Waals surface area contributed by atoms with Gasteiger partial charge < -0.3 is 10.0 Å². The van der Waals surface area contributed by atoms with E-state index in [1.165, 1.54) is 38.8 Å². The molecular formula is C14H25NO2. The molecule has 1 heterocycles. The van der Waals surface area contributed by atoms with Crippen molar-refractivity contribution < 1.29 is 9.90 Å². The third-order valence-electron chi connectivity index (χ3n) is 4.45. The van der Waals surface area contributed by atoms with Crippen LogP contribution in [0.3, 0.4) is 0 Å². The molecule has 1 N–H and O–H groups in total. The molecule has 3 heteroatoms. The van der Waals surface area contributed by atoms with Crippen LogP contribution in [0.15, 0.2) is 0 Å². The first-order valence-electron chi connectivity index (χ1n) is 7.08. The highest BCUT2D eigenvalue weighted by molar-refractivity contribution is 5.68. The van der Waals surface area contributed by atoms with Gasteiger partial charge in [-0.3, -0.25) is 4.79 Å². The van der Waals surface area contributed by atoms with E-state index in [0.29, 0.717) is 6.42 Å². The average molecular weight is 239 g/mol. The molecule has 2 fully saturated rings. The lowest BCUT2D eigenvalue weighted by atomic mass is 9.91. The van der Waals surface area contributed by atoms with E-state index < -0.39 is 5.97 Å². The summed E-state index contributed by atoms with van der Waals surface area (Å²) in [7, 11) is 0. The normalized spacial score (nSPS) is 24.8. The largest absolute Gasteiger partial charge is 0.481 e. The van der Waals surface area contributed by atoms with E-state index in [4.69, 9.17) is 5.11 Å². The molecule has 1 aliphatic carbocycles. The van der Waals surface area contributed by atoms with Gasteiger partial charge in [0.05, 0.1) is 6.42 Å². The Morgan fingerprint density at radius 3 is 2.47 bits per heavy atom. The molecule has 0 radical (unpaired) electrons. The lowest BCUT2D eigenvalue weighted by molar-refractivity contribution is -0.138. The number of hydrogen-bond donors (Lipinski definition) is 1. The fourth-order valence-corrected chi connectivity index (χ4v) is 3.20. The Balaban J connectivity index is 1.73. The molecule has 1 aliphatic heterocycles. The van der Waals surface area contributed by atoms with E-state index in [9.17, 15) is 4.79 Å². The molecule has 0 atom stereocenters. The molecule has 0 aromatic heterocycles. The van der Waals surface area contributed by atoms with Gasteiger partial charge in [0, 0.05) is 6.54 Å². The highest BCUT2D eigenvalue weighted by atomic mass is 16.4. The van der Waals surface area contributed by atoms with Crippen LogP contribution in [0.4, 0.5) is 0 Å². The summed E-state index contributed by atoms with van der Waals surface area (Å²) in [6, 6.07) is 0. The Morgan fingerprint density at radius 2 is 2.00 bits per heavy atom. The second-order valence-corrected chi connectivity index (χ2v) is 6.08. The smallest absolute Gasteiger partial charge is 0.303 e. The molecule has 0 bridgehead atoms. The number of rotatable bonds is 6. The first-order chi connectivity index (χ1) is 8.13. The van der Waals surface area contributed by atoms with E-state index in [1.807, 2.05) is 0 Å². The third kappa shape index (κ3) is 3.70. The van der Waals surface area contributed by atoms with Crippen LogP contribution in [0.2, 0.25) is 0 Å². The number of hydrogen-bond acceptors (Lipinski definition) is 2. The number of carboxylic acids is 1. The van der Waals surface area contributed by atoms with Gasteiger partial charge in [-0.2, -0.15) is 0 Å². The van der Waals surface area contributed by atoms with Gasteiger partial charge in [-0.15, -0.1) is 0 Å². The number of carboxylic acid groups (broad SMARTS) is 1. The predicted molar refractivity (Wildman–Crippen MR) is 68.0 cm³/mol. The number of aliphatic carboxylic acids is 1. The quantitative estimate of drug-likeness (QED) is 0.775. The van der Waals surface area contributed by atoms with Crippen molar-refractivity contribution in [3.63, 3.8) is 0 Å². The zero-order valence-corrected chi connectivity index (χ0v) is 11.0. The maximum absolute atomic E-state index is 10.8. The van der Waals surface area contributed by atoms with E-state index in [2.05, 4.69) is 11.8 Å². The van der Waals surface area contributed by atoms with Gasteiger partial charge >= 0.3 is 5.97 Å². The van der Waals surface area contributed by atoms with Gasteiger partial charge in [0.15, 0.2) is 0 Å². The second-order valence-electron chi connectivity index (χ2n) is 6.08. The predicted octanol–water partition coefficient (Wildman–Crippen LogP) is 2.75. The zero-order valence-electron chi connectivity index (χ0n) is 11.0. The van der Waals surface area contributed by atoms with E-state index in [0.717, 1.165) is 25.3 Å². The van der Waals surface area contributed by atoms with Crippen LogP contribution >= 0.6 is 0 Å². The Morgan fingerprint density at radius 1 is 1.35 bits per heavy atom. The Kier molecular flexibility index (Phi) is 4.08. The molecule has 2 rings (SSSR count). The van der Waals surface area contributed by atoms with E-state index in [1.54, 1.807) is 0 Å². The summed E-state index contributed by atoms with van der Waals surface area (Å²) in [6.45, 7) is 5.66. The van der Waals surface area contributed by atoms with Crippen molar-refractivity contribution in [1.82, 2.24) is 4.90 Å². The van der Waals surface area contributed by atoms with Gasteiger partial charge in [0.2, 0.25) is 0 Å². The number of likely N-dealkylation sites (tertiary alicyclic amines) is 1. The SMILES string of the molecule is CCCC1CCN(CC2(CC(=O)O)CC2)CC1. The first kappa shape index (κ1) is 12.9. The lowest BCUT2D eigenvalue weighted by Gasteiger charge is -2.34. The fourth-order valence-electron chi connectivity index (χ4n) is 3.20. The maximum atomic E-state index is 10.8. The van der Waals surface area contributed by atoms with Crippen LogP contribution in [0.25, 0.3) is 0 Å². The first-order valence-corrected chi connectivity index (χ1v) is 7.08. The van der Waals surface area contributed by atoms with E-state index in [-0.39, 0.29) is 5.41 Å². The second kappa shape index (κ2) is 5.38. The monoisotopic (exact) mass is 239 g/mol. The summed E-state index contributed by atoms with van der Waals surface area (Å²) in [5, 5.41) is 8.91. The van der Waals surface area contributed by atoms with Crippen molar-refractivity contribution in [2.45, 2.75) is 51.9 Å². The van der Waals surface area contributed by atoms with Crippen molar-refractivity contribution in [3.8, 4) is 0 Å². The summed E-state index contributed by atoms with van der Waals surface area (Å²) in [5.74, 6) is 0.300. The molecule has 0 amide bonds. The summed E-state index contributed by atoms with van der Waals surface area (Å²) in [6.07, 6.45) is 7.92. The minimum atomic E-state index is -0.622. The molecule has 2 aliphatic rings. The van der Waals surface area contributed by atoms with Crippen molar-refractivity contribution >= 4 is 5.97 Å². The van der Waals surface area contributed by atoms with Crippen molar-refractivity contribution in [2.24, 2.45) is 11.3 Å². The van der Waals surface area contributed by atoms with E-state index >= 15 is 0 Å². The Hall–Kier alpha value is -0.570. The zero-order chi connectivity index (χ0) is 12.3. The van der Waals surface area contributed by atoms with Crippen LogP contribution in [0.5, 0.6) is 0 Å². The van der Waals surface area contributed by atoms with Crippen LogP contribution in [0, 0.1) is 11.3 Å². The Bertz CT molecular complexity index is 265. The summed E-state index contributed by atoms with van der Waals surface area (Å²) < 4.78 is 0. The van der Waals surface area contributed by atoms with Crippen LogP contribution < -0.4 is 0 Å². The summed E-state index contributed by atoms with van der Waals surface area (Å²) in [5.41, 5.74) is 0.142. The van der Waals surface area contributed by atoms with Crippen molar-refractivity contribution in [3.05, 3.63) is 0 Å². The van der Waals surface area contributed by atoms with Crippen molar-refractivity contribution in [1.29, 1.82) is 0 Å². The van der Waals surface area contributed by atoms with Crippen LogP contribution in [0.1, 0.15) is 51.9 Å². The molecule has 1 saturated heterocycles. The highest BCUT2D eigenvalue weighted by Crippen LogP contribution is 2.49. The van der Waals surface area contributed by atoms with Crippen molar-refractivity contribution in [2.75, 3.05) is 19.6 Å². The molecule has 0 aromatic rings. The number of nitrogens with zero attached hydrogens (tertiary/aromatic N) is 1. The standard InChI is InChI=1S/C14H25NO2/c1-2-3-12-4-8-15(9-5-12)11-14(6-7-14)10-13(16)17/h12H,2-11H2,1H3,(H,16,17). The lowest BCUT2D eigenvalue weighted by Crippen LogP contribution is -2.38. The van der Waals surface area contributed by atoms with Gasteiger partial charge in [-0.1, -0.05) is 19.8 Å². The van der Waals surface area contributed by atoms with Gasteiger partial charge in [-0.25, -0.2) is 0 Å². The summed E-state index contributed by atoms with van der Waals surface area (Å²) in [4.78, 5) is 13.3. The highest BCUT2D eigenvalue weighted by Gasteiger charge is 2.45. The van der Waals surface area contributed by atoms with Crippen LogP contribution in [-0.2, 0) is 4.79 Å². The molecule has 1 saturated carbocycles. The molecule has 3 nitrogen and oxygen atoms in total. The van der Waals surface area contributed by atoms with Crippen LogP contribution in [-0.4, -0.2) is 35.6 Å². The molecule has 0 spiro atoms.